The molecule has 1 N–H and O–H groups in total. The van der Waals surface area contributed by atoms with Crippen LogP contribution in [0.4, 0.5) is 0 Å². The molecule has 0 amide bonds. The van der Waals surface area contributed by atoms with Crippen LogP contribution < -0.4 is 4.74 Å². The van der Waals surface area contributed by atoms with E-state index in [1.54, 1.807) is 13.2 Å². The lowest BCUT2D eigenvalue weighted by molar-refractivity contribution is -0.135. The van der Waals surface area contributed by atoms with Crippen LogP contribution >= 0.6 is 0 Å². The van der Waals surface area contributed by atoms with Gasteiger partial charge in [0, 0.05) is 18.5 Å². The van der Waals surface area contributed by atoms with Gasteiger partial charge in [0.15, 0.2) is 0 Å². The predicted octanol–water partition coefficient (Wildman–Crippen LogP) is 4.67. The molecule has 1 saturated heterocycles. The molecule has 1 fully saturated rings. The number of aromatic hydroxyl groups is 1. The van der Waals surface area contributed by atoms with Gasteiger partial charge in [0.1, 0.15) is 11.5 Å². The summed E-state index contributed by atoms with van der Waals surface area (Å²) in [5, 5.41) is 10.1. The summed E-state index contributed by atoms with van der Waals surface area (Å²) in [4.78, 5) is 2.61. The number of methoxy groups -OCH3 is 1. The Labute approximate surface area is 168 Å². The number of phenols is 1. The summed E-state index contributed by atoms with van der Waals surface area (Å²) in [6.07, 6.45) is 3.38. The van der Waals surface area contributed by atoms with Gasteiger partial charge in [-0.2, -0.15) is 0 Å². The van der Waals surface area contributed by atoms with Gasteiger partial charge in [-0.1, -0.05) is 38.1 Å². The van der Waals surface area contributed by atoms with Crippen molar-refractivity contribution in [1.82, 2.24) is 4.90 Å². The van der Waals surface area contributed by atoms with Crippen LogP contribution in [0.2, 0.25) is 0 Å². The largest absolute Gasteiger partial charge is 0.508 e. The Kier molecular flexibility index (Phi) is 5.61. The maximum atomic E-state index is 10.1. The number of morpholine rings is 1. The van der Waals surface area contributed by atoms with Gasteiger partial charge in [-0.25, -0.2) is 0 Å². The Bertz CT molecular complexity index is 821. The Balaban J connectivity index is 1.67. The minimum absolute atomic E-state index is 0.0123. The molecule has 4 rings (SSSR count). The number of para-hydroxylation sites is 1. The first-order chi connectivity index (χ1) is 13.6. The molecule has 2 aromatic carbocycles. The molecule has 4 unspecified atom stereocenters. The van der Waals surface area contributed by atoms with Crippen molar-refractivity contribution in [2.24, 2.45) is 0 Å². The summed E-state index contributed by atoms with van der Waals surface area (Å²) < 4.78 is 12.4. The van der Waals surface area contributed by atoms with Crippen molar-refractivity contribution in [3.05, 3.63) is 59.2 Å². The molecule has 0 radical (unpaired) electrons. The van der Waals surface area contributed by atoms with Crippen molar-refractivity contribution >= 4 is 0 Å². The lowest BCUT2D eigenvalue weighted by Gasteiger charge is -2.49. The quantitative estimate of drug-likeness (QED) is 0.817. The van der Waals surface area contributed by atoms with Crippen LogP contribution in [0.15, 0.2) is 42.5 Å². The number of hydrogen-bond acceptors (Lipinski definition) is 4. The van der Waals surface area contributed by atoms with Crippen molar-refractivity contribution in [3.63, 3.8) is 0 Å². The summed E-state index contributed by atoms with van der Waals surface area (Å²) in [7, 11) is 1.73. The van der Waals surface area contributed by atoms with E-state index in [-0.39, 0.29) is 18.1 Å². The third-order valence-corrected chi connectivity index (χ3v) is 6.40. The van der Waals surface area contributed by atoms with Crippen LogP contribution in [0.25, 0.3) is 0 Å². The highest BCUT2D eigenvalue weighted by Crippen LogP contribution is 2.43. The maximum absolute atomic E-state index is 10.1. The molecular weight excluding hydrogens is 350 g/mol. The van der Waals surface area contributed by atoms with Gasteiger partial charge in [-0.3, -0.25) is 4.90 Å². The minimum atomic E-state index is 0.0123. The highest BCUT2D eigenvalue weighted by Gasteiger charge is 2.42. The molecule has 150 valence electrons. The van der Waals surface area contributed by atoms with Crippen molar-refractivity contribution in [3.8, 4) is 11.5 Å². The van der Waals surface area contributed by atoms with E-state index in [0.717, 1.165) is 43.7 Å². The third-order valence-electron chi connectivity index (χ3n) is 6.40. The molecular formula is C24H31NO3. The van der Waals surface area contributed by atoms with E-state index >= 15 is 0 Å². The van der Waals surface area contributed by atoms with Crippen LogP contribution in [0.1, 0.15) is 55.4 Å². The summed E-state index contributed by atoms with van der Waals surface area (Å²) in [6, 6.07) is 14.4. The number of fused-ring (bicyclic) bond motifs is 3. The number of aryl methyl sites for hydroxylation is 1. The maximum Gasteiger partial charge on any atom is 0.122 e. The molecule has 1 aliphatic heterocycles. The topological polar surface area (TPSA) is 41.9 Å². The van der Waals surface area contributed by atoms with Crippen LogP contribution in [0.5, 0.6) is 11.5 Å². The van der Waals surface area contributed by atoms with Crippen molar-refractivity contribution in [2.75, 3.05) is 20.2 Å². The average Bonchev–Trinajstić information content (AvgIpc) is 2.73. The van der Waals surface area contributed by atoms with Gasteiger partial charge < -0.3 is 14.6 Å². The van der Waals surface area contributed by atoms with E-state index < -0.39 is 0 Å². The Hall–Kier alpha value is -2.04. The summed E-state index contributed by atoms with van der Waals surface area (Å²) in [5.41, 5.74) is 3.66. The average molecular weight is 382 g/mol. The van der Waals surface area contributed by atoms with Gasteiger partial charge in [-0.05, 0) is 60.7 Å². The van der Waals surface area contributed by atoms with E-state index in [2.05, 4.69) is 36.9 Å². The fourth-order valence-corrected chi connectivity index (χ4v) is 4.94. The molecule has 4 heteroatoms. The number of hydrogen-bond donors (Lipinski definition) is 1. The summed E-state index contributed by atoms with van der Waals surface area (Å²) in [6.45, 7) is 6.49. The van der Waals surface area contributed by atoms with Crippen molar-refractivity contribution < 1.29 is 14.6 Å². The van der Waals surface area contributed by atoms with Crippen LogP contribution in [-0.2, 0) is 11.2 Å². The van der Waals surface area contributed by atoms with Gasteiger partial charge in [0.05, 0.1) is 19.3 Å². The fourth-order valence-electron chi connectivity index (χ4n) is 4.94. The van der Waals surface area contributed by atoms with E-state index in [0.29, 0.717) is 11.8 Å². The zero-order chi connectivity index (χ0) is 19.7. The van der Waals surface area contributed by atoms with Crippen LogP contribution in [0.3, 0.4) is 0 Å². The SMILES string of the molecule is CCCN1CC(C(C)c2ccccc2OC)OC2c3cc(O)ccc3CCC21. The molecule has 1 aliphatic carbocycles. The first kappa shape index (κ1) is 19.3. The number of nitrogens with zero attached hydrogens (tertiary/aromatic N) is 1. The zero-order valence-corrected chi connectivity index (χ0v) is 17.1. The van der Waals surface area contributed by atoms with Gasteiger partial charge in [-0.15, -0.1) is 0 Å². The van der Waals surface area contributed by atoms with Crippen molar-refractivity contribution in [1.29, 1.82) is 0 Å². The Morgan fingerprint density at radius 2 is 2.07 bits per heavy atom. The number of phenolic OH excluding ortho intramolecular Hbond substituents is 1. The monoisotopic (exact) mass is 381 g/mol. The number of ether oxygens (including phenoxy) is 2. The molecule has 4 nitrogen and oxygen atoms in total. The Morgan fingerprint density at radius 3 is 2.86 bits per heavy atom. The smallest absolute Gasteiger partial charge is 0.122 e. The van der Waals surface area contributed by atoms with E-state index in [4.69, 9.17) is 9.47 Å². The normalized spacial score (nSPS) is 25.6. The molecule has 0 saturated carbocycles. The first-order valence-electron chi connectivity index (χ1n) is 10.5. The number of rotatable bonds is 5. The lowest BCUT2D eigenvalue weighted by Crippen LogP contribution is -2.54. The molecule has 28 heavy (non-hydrogen) atoms. The summed E-state index contributed by atoms with van der Waals surface area (Å²) >= 11 is 0. The van der Waals surface area contributed by atoms with Gasteiger partial charge >= 0.3 is 0 Å². The molecule has 0 spiro atoms. The molecule has 4 atom stereocenters. The highest BCUT2D eigenvalue weighted by molar-refractivity contribution is 5.40. The van der Waals surface area contributed by atoms with E-state index in [9.17, 15) is 5.11 Å². The highest BCUT2D eigenvalue weighted by atomic mass is 16.5. The van der Waals surface area contributed by atoms with E-state index in [1.807, 2.05) is 18.2 Å². The molecule has 2 aromatic rings. The van der Waals surface area contributed by atoms with Gasteiger partial charge in [0.2, 0.25) is 0 Å². The minimum Gasteiger partial charge on any atom is -0.508 e. The lowest BCUT2D eigenvalue weighted by atomic mass is 9.82. The number of benzene rings is 2. The fraction of sp³-hybridized carbons (Fsp3) is 0.500. The summed E-state index contributed by atoms with van der Waals surface area (Å²) in [5.74, 6) is 1.47. The Morgan fingerprint density at radius 1 is 1.25 bits per heavy atom. The second kappa shape index (κ2) is 8.14. The van der Waals surface area contributed by atoms with Crippen LogP contribution in [0, 0.1) is 0 Å². The van der Waals surface area contributed by atoms with Gasteiger partial charge in [0.25, 0.3) is 0 Å². The van der Waals surface area contributed by atoms with Crippen molar-refractivity contribution in [2.45, 2.75) is 57.3 Å². The standard InChI is InChI=1S/C24H31NO3/c1-4-13-25-15-23(16(2)19-7-5-6-8-22(19)27-3)28-24-20-14-18(26)11-9-17(20)10-12-21(24)25/h5-9,11,14,16,21,23-24,26H,4,10,12-13,15H2,1-3H3. The second-order valence-electron chi connectivity index (χ2n) is 8.11. The first-order valence-corrected chi connectivity index (χ1v) is 10.5. The molecule has 0 aromatic heterocycles. The second-order valence-corrected chi connectivity index (χ2v) is 8.11. The zero-order valence-electron chi connectivity index (χ0n) is 17.1. The molecule has 1 heterocycles. The molecule has 0 bridgehead atoms. The molecule has 2 aliphatic rings. The third kappa shape index (κ3) is 3.51. The van der Waals surface area contributed by atoms with E-state index in [1.165, 1.54) is 11.1 Å². The van der Waals surface area contributed by atoms with Crippen LogP contribution in [-0.4, -0.2) is 42.4 Å². The predicted molar refractivity (Wildman–Crippen MR) is 111 cm³/mol.